The number of amides is 1. The highest BCUT2D eigenvalue weighted by atomic mass is 79.9. The zero-order valence-corrected chi connectivity index (χ0v) is 16.8. The van der Waals surface area contributed by atoms with E-state index in [0.29, 0.717) is 27.2 Å². The van der Waals surface area contributed by atoms with Crippen molar-refractivity contribution in [3.05, 3.63) is 80.1 Å². The van der Waals surface area contributed by atoms with Crippen LogP contribution in [0.5, 0.6) is 5.75 Å². The standard InChI is InChI=1S/C19H14BrCl2NO3/c1-11-14(21)3-2-4-16(11)23-19(24)18-8-6-13(26-18)10-25-17-7-5-12(20)9-15(17)22/h2-9H,10H2,1H3,(H,23,24). The van der Waals surface area contributed by atoms with E-state index >= 15 is 0 Å². The van der Waals surface area contributed by atoms with Gasteiger partial charge in [0.15, 0.2) is 5.76 Å². The number of carbonyl (C=O) groups excluding carboxylic acids is 1. The number of hydrogen-bond acceptors (Lipinski definition) is 3. The molecule has 0 saturated heterocycles. The van der Waals surface area contributed by atoms with Gasteiger partial charge in [0, 0.05) is 15.2 Å². The molecule has 0 atom stereocenters. The Kier molecular flexibility index (Phi) is 5.91. The van der Waals surface area contributed by atoms with Gasteiger partial charge in [0.2, 0.25) is 0 Å². The molecule has 0 aliphatic rings. The van der Waals surface area contributed by atoms with E-state index in [1.807, 2.05) is 13.0 Å². The first-order valence-electron chi connectivity index (χ1n) is 7.67. The van der Waals surface area contributed by atoms with Gasteiger partial charge in [-0.1, -0.05) is 45.2 Å². The van der Waals surface area contributed by atoms with Gasteiger partial charge >= 0.3 is 0 Å². The molecule has 0 aliphatic carbocycles. The minimum atomic E-state index is -0.358. The van der Waals surface area contributed by atoms with E-state index in [0.717, 1.165) is 10.0 Å². The molecule has 0 bridgehead atoms. The van der Waals surface area contributed by atoms with E-state index in [1.54, 1.807) is 42.5 Å². The van der Waals surface area contributed by atoms with Crippen LogP contribution in [0.3, 0.4) is 0 Å². The number of nitrogens with one attached hydrogen (secondary N) is 1. The van der Waals surface area contributed by atoms with Crippen LogP contribution in [0, 0.1) is 6.92 Å². The molecule has 1 N–H and O–H groups in total. The number of carbonyl (C=O) groups is 1. The number of furan rings is 1. The monoisotopic (exact) mass is 453 g/mol. The highest BCUT2D eigenvalue weighted by molar-refractivity contribution is 9.10. The van der Waals surface area contributed by atoms with Gasteiger partial charge < -0.3 is 14.5 Å². The molecule has 0 aliphatic heterocycles. The molecule has 1 heterocycles. The molecule has 0 unspecified atom stereocenters. The molecule has 134 valence electrons. The van der Waals surface area contributed by atoms with Gasteiger partial charge in [-0.15, -0.1) is 0 Å². The Hall–Kier alpha value is -1.95. The predicted octanol–water partition coefficient (Wildman–Crippen LogP) is 6.49. The lowest BCUT2D eigenvalue weighted by Gasteiger charge is -2.08. The van der Waals surface area contributed by atoms with Gasteiger partial charge in [-0.3, -0.25) is 4.79 Å². The number of halogens is 3. The molecule has 3 aromatic rings. The second-order valence-electron chi connectivity index (χ2n) is 5.50. The highest BCUT2D eigenvalue weighted by Gasteiger charge is 2.14. The minimum absolute atomic E-state index is 0.158. The van der Waals surface area contributed by atoms with Gasteiger partial charge in [-0.2, -0.15) is 0 Å². The summed E-state index contributed by atoms with van der Waals surface area (Å²) in [6.07, 6.45) is 0. The molecule has 2 aromatic carbocycles. The van der Waals surface area contributed by atoms with E-state index in [1.165, 1.54) is 0 Å². The highest BCUT2D eigenvalue weighted by Crippen LogP contribution is 2.28. The van der Waals surface area contributed by atoms with Crippen molar-refractivity contribution in [2.24, 2.45) is 0 Å². The lowest BCUT2D eigenvalue weighted by atomic mass is 10.2. The molecule has 1 aromatic heterocycles. The maximum Gasteiger partial charge on any atom is 0.291 e. The zero-order chi connectivity index (χ0) is 18.7. The van der Waals surface area contributed by atoms with Gasteiger partial charge in [0.1, 0.15) is 18.1 Å². The predicted molar refractivity (Wildman–Crippen MR) is 106 cm³/mol. The van der Waals surface area contributed by atoms with Crippen molar-refractivity contribution >= 4 is 50.7 Å². The largest absolute Gasteiger partial charge is 0.484 e. The normalized spacial score (nSPS) is 10.6. The summed E-state index contributed by atoms with van der Waals surface area (Å²) < 4.78 is 12.0. The third kappa shape index (κ3) is 4.41. The number of hydrogen-bond donors (Lipinski definition) is 1. The van der Waals surface area contributed by atoms with Crippen molar-refractivity contribution in [2.45, 2.75) is 13.5 Å². The maximum atomic E-state index is 12.3. The summed E-state index contributed by atoms with van der Waals surface area (Å²) in [5.74, 6) is 0.872. The van der Waals surface area contributed by atoms with E-state index in [-0.39, 0.29) is 18.3 Å². The SMILES string of the molecule is Cc1c(Cl)cccc1NC(=O)c1ccc(COc2ccc(Br)cc2Cl)o1. The van der Waals surface area contributed by atoms with Crippen molar-refractivity contribution in [2.75, 3.05) is 5.32 Å². The molecule has 0 spiro atoms. The average molecular weight is 455 g/mol. The second kappa shape index (κ2) is 8.16. The molecule has 3 rings (SSSR count). The van der Waals surface area contributed by atoms with Crippen LogP contribution >= 0.6 is 39.1 Å². The van der Waals surface area contributed by atoms with Crippen molar-refractivity contribution in [3.8, 4) is 5.75 Å². The zero-order valence-electron chi connectivity index (χ0n) is 13.7. The van der Waals surface area contributed by atoms with E-state index in [2.05, 4.69) is 21.2 Å². The first-order chi connectivity index (χ1) is 12.4. The summed E-state index contributed by atoms with van der Waals surface area (Å²) in [7, 11) is 0. The molecule has 0 saturated carbocycles. The number of anilines is 1. The van der Waals surface area contributed by atoms with Crippen LogP contribution in [0.2, 0.25) is 10.0 Å². The van der Waals surface area contributed by atoms with E-state index in [4.69, 9.17) is 32.4 Å². The summed E-state index contributed by atoms with van der Waals surface area (Å²) in [5, 5.41) is 3.86. The maximum absolute atomic E-state index is 12.3. The topological polar surface area (TPSA) is 51.5 Å². The lowest BCUT2D eigenvalue weighted by Crippen LogP contribution is -2.12. The Morgan fingerprint density at radius 1 is 1.15 bits per heavy atom. The number of ether oxygens (including phenoxy) is 1. The average Bonchev–Trinajstić information content (AvgIpc) is 3.07. The van der Waals surface area contributed by atoms with Crippen molar-refractivity contribution in [3.63, 3.8) is 0 Å². The van der Waals surface area contributed by atoms with Gasteiger partial charge in [0.25, 0.3) is 5.91 Å². The summed E-state index contributed by atoms with van der Waals surface area (Å²) >= 11 is 15.5. The van der Waals surface area contributed by atoms with Gasteiger partial charge in [-0.25, -0.2) is 0 Å². The van der Waals surface area contributed by atoms with Crippen LogP contribution < -0.4 is 10.1 Å². The quantitative estimate of drug-likeness (QED) is 0.479. The van der Waals surface area contributed by atoms with Crippen LogP contribution in [-0.4, -0.2) is 5.91 Å². The minimum Gasteiger partial charge on any atom is -0.484 e. The Balaban J connectivity index is 1.65. The Labute approximate surface area is 169 Å². The fourth-order valence-corrected chi connectivity index (χ4v) is 3.15. The Morgan fingerprint density at radius 2 is 1.96 bits per heavy atom. The number of rotatable bonds is 5. The smallest absolute Gasteiger partial charge is 0.291 e. The van der Waals surface area contributed by atoms with Gasteiger partial charge in [0.05, 0.1) is 5.02 Å². The molecule has 0 fully saturated rings. The molecular weight excluding hydrogens is 441 g/mol. The molecular formula is C19H14BrCl2NO3. The van der Waals surface area contributed by atoms with Crippen molar-refractivity contribution in [1.29, 1.82) is 0 Å². The summed E-state index contributed by atoms with van der Waals surface area (Å²) in [6, 6.07) is 13.9. The summed E-state index contributed by atoms with van der Waals surface area (Å²) in [6.45, 7) is 1.99. The molecule has 4 nitrogen and oxygen atoms in total. The second-order valence-corrected chi connectivity index (χ2v) is 7.23. The Bertz CT molecular complexity index is 956. The van der Waals surface area contributed by atoms with Crippen LogP contribution in [0.4, 0.5) is 5.69 Å². The molecule has 26 heavy (non-hydrogen) atoms. The molecule has 0 radical (unpaired) electrons. The van der Waals surface area contributed by atoms with Crippen molar-refractivity contribution < 1.29 is 13.9 Å². The van der Waals surface area contributed by atoms with Crippen LogP contribution in [-0.2, 0) is 6.61 Å². The van der Waals surface area contributed by atoms with Crippen LogP contribution in [0.25, 0.3) is 0 Å². The van der Waals surface area contributed by atoms with E-state index < -0.39 is 0 Å². The Morgan fingerprint density at radius 3 is 2.73 bits per heavy atom. The molecule has 1 amide bonds. The van der Waals surface area contributed by atoms with E-state index in [9.17, 15) is 4.79 Å². The third-order valence-corrected chi connectivity index (χ3v) is 4.86. The summed E-state index contributed by atoms with van der Waals surface area (Å²) in [5.41, 5.74) is 1.43. The first kappa shape index (κ1) is 18.8. The van der Waals surface area contributed by atoms with Crippen LogP contribution in [0.15, 0.2) is 57.4 Å². The van der Waals surface area contributed by atoms with Crippen LogP contribution in [0.1, 0.15) is 21.9 Å². The summed E-state index contributed by atoms with van der Waals surface area (Å²) in [4.78, 5) is 12.3. The van der Waals surface area contributed by atoms with Gasteiger partial charge in [-0.05, 0) is 55.0 Å². The lowest BCUT2D eigenvalue weighted by molar-refractivity contribution is 0.0992. The fourth-order valence-electron chi connectivity index (χ4n) is 2.25. The first-order valence-corrected chi connectivity index (χ1v) is 9.22. The molecule has 7 heteroatoms. The van der Waals surface area contributed by atoms with Crippen molar-refractivity contribution in [1.82, 2.24) is 0 Å². The number of benzene rings is 2. The third-order valence-electron chi connectivity index (χ3n) is 3.67. The fraction of sp³-hybridized carbons (Fsp3) is 0.105.